The number of allylic oxidation sites excluding steroid dienone is 2. The molecule has 3 saturated heterocycles. The summed E-state index contributed by atoms with van der Waals surface area (Å²) < 4.78 is 0. The number of carbonyl (C=O) groups excluding carboxylic acids is 12. The molecule has 93 heavy (non-hydrogen) atoms. The van der Waals surface area contributed by atoms with Crippen LogP contribution in [0.4, 0.5) is 0 Å². The molecule has 2 aromatic rings. The monoisotopic (exact) mass is 1300 g/mol. The second-order valence-corrected chi connectivity index (χ2v) is 23.8. The molecule has 3 aliphatic rings. The average Bonchev–Trinajstić information content (AvgIpc) is 1.80. The van der Waals surface area contributed by atoms with Crippen LogP contribution in [-0.4, -0.2) is 216 Å². The molecule has 0 bridgehead atoms. The molecule has 17 N–H and O–H groups in total. The summed E-state index contributed by atoms with van der Waals surface area (Å²) in [5.41, 5.74) is 5.73. The van der Waals surface area contributed by atoms with Crippen LogP contribution in [0, 0.1) is 5.92 Å². The van der Waals surface area contributed by atoms with Gasteiger partial charge in [-0.2, -0.15) is 0 Å². The van der Waals surface area contributed by atoms with E-state index in [0.717, 1.165) is 28.4 Å². The molecule has 3 aliphatic heterocycles. The van der Waals surface area contributed by atoms with E-state index in [0.29, 0.717) is 12.0 Å². The maximum absolute atomic E-state index is 14.9. The minimum absolute atomic E-state index is 0.00627. The topological polar surface area (TPSA) is 467 Å². The van der Waals surface area contributed by atoms with Crippen LogP contribution in [0.1, 0.15) is 110 Å². The number of fused-ring (bicyclic) bond motifs is 2. The summed E-state index contributed by atoms with van der Waals surface area (Å²) in [6, 6.07) is 4.50. The third kappa shape index (κ3) is 22.5. The summed E-state index contributed by atoms with van der Waals surface area (Å²) in [5.74, 6) is -12.3. The van der Waals surface area contributed by atoms with E-state index < -0.39 is 200 Å². The van der Waals surface area contributed by atoms with Gasteiger partial charge >= 0.3 is 0 Å². The first-order valence-electron chi connectivity index (χ1n) is 31.2. The summed E-state index contributed by atoms with van der Waals surface area (Å²) in [7, 11) is 0. The van der Waals surface area contributed by atoms with E-state index in [1.807, 2.05) is 0 Å². The molecule has 510 valence electrons. The Morgan fingerprint density at radius 2 is 1.13 bits per heavy atom. The van der Waals surface area contributed by atoms with E-state index in [9.17, 15) is 88.2 Å². The number of nitrogens with two attached hydrogens (primary N) is 1. The number of aliphatic hydroxyl groups excluding tert-OH is 6. The molecule has 3 fully saturated rings. The van der Waals surface area contributed by atoms with E-state index in [1.165, 1.54) is 19.9 Å². The molecular weight excluding hydrogens is 1210 g/mol. The van der Waals surface area contributed by atoms with Gasteiger partial charge in [0.05, 0.1) is 43.6 Å². The zero-order valence-corrected chi connectivity index (χ0v) is 52.9. The molecule has 13 atom stereocenters. The number of rotatable bonds is 17. The lowest BCUT2D eigenvalue weighted by molar-refractivity contribution is -0.143. The zero-order chi connectivity index (χ0) is 68.6. The molecule has 0 saturated carbocycles. The van der Waals surface area contributed by atoms with E-state index in [1.54, 1.807) is 74.5 Å². The smallest absolute Gasteiger partial charge is 0.268 e. The second-order valence-electron chi connectivity index (χ2n) is 23.8. The Morgan fingerprint density at radius 1 is 0.602 bits per heavy atom. The van der Waals surface area contributed by atoms with Crippen LogP contribution >= 0.6 is 0 Å². The summed E-state index contributed by atoms with van der Waals surface area (Å²) >= 11 is 0. The van der Waals surface area contributed by atoms with E-state index >= 15 is 0 Å². The fourth-order valence-corrected chi connectivity index (χ4v) is 11.1. The Labute approximate surface area is 538 Å². The Balaban J connectivity index is 1.55. The maximum Gasteiger partial charge on any atom is 0.268 e. The normalized spacial score (nSPS) is 26.6. The first kappa shape index (κ1) is 75.0. The first-order valence-corrected chi connectivity index (χ1v) is 31.2. The maximum atomic E-state index is 14.9. The van der Waals surface area contributed by atoms with Gasteiger partial charge in [0.15, 0.2) is 6.10 Å². The molecule has 5 rings (SSSR count). The number of hydrogen-bond acceptors (Lipinski definition) is 18. The molecular formula is C63H90N12O18. The summed E-state index contributed by atoms with van der Waals surface area (Å²) in [5, 5.41) is 88.0. The van der Waals surface area contributed by atoms with Crippen molar-refractivity contribution in [3.05, 3.63) is 95.3 Å². The number of amides is 12. The van der Waals surface area contributed by atoms with Crippen molar-refractivity contribution in [3.8, 4) is 0 Å². The minimum atomic E-state index is -2.35. The van der Waals surface area contributed by atoms with Crippen molar-refractivity contribution < 1.29 is 88.2 Å². The largest absolute Gasteiger partial charge is 0.394 e. The van der Waals surface area contributed by atoms with Crippen molar-refractivity contribution >= 4 is 70.9 Å². The Morgan fingerprint density at radius 3 is 1.70 bits per heavy atom. The van der Waals surface area contributed by atoms with Crippen LogP contribution in [0.3, 0.4) is 0 Å². The summed E-state index contributed by atoms with van der Waals surface area (Å²) in [6.07, 6.45) is -7.88. The van der Waals surface area contributed by atoms with Gasteiger partial charge in [-0.25, -0.2) is 0 Å². The first-order chi connectivity index (χ1) is 44.2. The summed E-state index contributed by atoms with van der Waals surface area (Å²) in [4.78, 5) is 170. The van der Waals surface area contributed by atoms with Gasteiger partial charge < -0.3 is 94.0 Å². The number of primary amides is 1. The van der Waals surface area contributed by atoms with Crippen molar-refractivity contribution in [1.29, 1.82) is 0 Å². The number of benzene rings is 2. The minimum Gasteiger partial charge on any atom is -0.394 e. The van der Waals surface area contributed by atoms with Crippen molar-refractivity contribution in [3.63, 3.8) is 0 Å². The highest BCUT2D eigenvalue weighted by Crippen LogP contribution is 2.23. The summed E-state index contributed by atoms with van der Waals surface area (Å²) in [6.45, 7) is 5.50. The molecule has 12 amide bonds. The van der Waals surface area contributed by atoms with Crippen LogP contribution in [0.5, 0.6) is 0 Å². The molecule has 2 aromatic carbocycles. The highest BCUT2D eigenvalue weighted by atomic mass is 16.3. The third-order valence-corrected chi connectivity index (χ3v) is 16.1. The fraction of sp³-hybridized carbons (Fsp3) is 0.556. The van der Waals surface area contributed by atoms with Crippen molar-refractivity contribution in [1.82, 2.24) is 57.7 Å². The Kier molecular flexibility index (Phi) is 29.5. The highest BCUT2D eigenvalue weighted by molar-refractivity contribution is 6.04. The van der Waals surface area contributed by atoms with E-state index in [-0.39, 0.29) is 64.0 Å². The predicted molar refractivity (Wildman–Crippen MR) is 333 cm³/mol. The highest BCUT2D eigenvalue weighted by Gasteiger charge is 2.43. The van der Waals surface area contributed by atoms with Gasteiger partial charge in [0, 0.05) is 32.4 Å². The lowest BCUT2D eigenvalue weighted by Gasteiger charge is -2.33. The van der Waals surface area contributed by atoms with Crippen LogP contribution in [0.25, 0.3) is 0 Å². The van der Waals surface area contributed by atoms with Crippen molar-refractivity contribution in [2.75, 3.05) is 26.2 Å². The van der Waals surface area contributed by atoms with Crippen molar-refractivity contribution in [2.45, 2.75) is 191 Å². The fourth-order valence-electron chi connectivity index (χ4n) is 11.1. The molecule has 0 aliphatic carbocycles. The SMILES string of the molecule is C/C=C1\NC(=O)[C@H](Cc2ccccc2)NC(=O)[C@@H]2CCCN2C(=O)CNC(=O)[C@H](CCC(N)=O)NC(=O)C(O)C(CC(O)CC(O)C(O)CC(C)C)NC(=O)[C@@H]2CCCN2C(=O)[C@H](CCc2ccccc2)NC(=O)[C@H]([C@@H](C)O)NC(=O)/C(=C\C)NC(=O)[C@H](CO)NC1=O. The standard InChI is InChI=1S/C63H90N12O18/c1-6-39-55(85)72-45(33-76)58(88)67-40(7-2)56(86)73-52(35(5)77)61(91)69-42(23-22-36-16-10-8-11-17-36)63(93)75-27-15-21-47(75)60(90)70-43(30-38(78)31-49(80)48(79)28-34(3)4)53(83)62(92)68-41(24-25-50(64)81)54(84)65-32-51(82)74-26-14-20-46(74)59(89)71-44(57(87)66-39)29-37-18-12-9-13-19-37/h6-13,16-19,34-35,38,41-49,52-53,76-80,83H,14-15,20-33H2,1-5H3,(H2,64,81)(H,65,84)(H,66,87)(H,67,88)(H,68,92)(H,69,91)(H,70,90)(H,71,89)(H,72,85)(H,73,86)/b39-6-,40-7+/t35-,38?,41+,42+,43?,44+,45+,46+,47+,48?,49?,52+,53?/m1/s1. The van der Waals surface area contributed by atoms with Crippen LogP contribution in [0.15, 0.2) is 84.2 Å². The Hall–Kier alpha value is -8.68. The number of aryl methyl sites for hydroxylation is 1. The van der Waals surface area contributed by atoms with Gasteiger partial charge in [-0.15, -0.1) is 0 Å². The number of hydrogen-bond donors (Lipinski definition) is 16. The van der Waals surface area contributed by atoms with Crippen LogP contribution in [0.2, 0.25) is 0 Å². The van der Waals surface area contributed by atoms with Gasteiger partial charge in [-0.1, -0.05) is 86.7 Å². The third-order valence-electron chi connectivity index (χ3n) is 16.1. The number of aliphatic hydroxyl groups is 6. The quantitative estimate of drug-likeness (QED) is 0.0668. The Bertz CT molecular complexity index is 3020. The van der Waals surface area contributed by atoms with E-state index in [2.05, 4.69) is 47.9 Å². The molecule has 3 heterocycles. The lowest BCUT2D eigenvalue weighted by Crippen LogP contribution is -2.61. The van der Waals surface area contributed by atoms with E-state index in [4.69, 9.17) is 5.73 Å². The van der Waals surface area contributed by atoms with Gasteiger partial charge in [0.2, 0.25) is 53.2 Å². The molecule has 0 spiro atoms. The van der Waals surface area contributed by atoms with Crippen molar-refractivity contribution in [2.24, 2.45) is 11.7 Å². The zero-order valence-electron chi connectivity index (χ0n) is 52.9. The van der Waals surface area contributed by atoms with Crippen LogP contribution < -0.4 is 53.6 Å². The predicted octanol–water partition coefficient (Wildman–Crippen LogP) is -4.17. The molecule has 30 heteroatoms. The van der Waals surface area contributed by atoms with Gasteiger partial charge in [0.1, 0.15) is 53.7 Å². The van der Waals surface area contributed by atoms with Gasteiger partial charge in [0.25, 0.3) is 17.7 Å². The number of nitrogens with zero attached hydrogens (tertiary/aromatic N) is 2. The van der Waals surface area contributed by atoms with Gasteiger partial charge in [-0.3, -0.25) is 57.5 Å². The van der Waals surface area contributed by atoms with Gasteiger partial charge in [-0.05, 0) is 95.6 Å². The number of carbonyl (C=O) groups is 12. The number of nitrogens with one attached hydrogen (secondary N) is 9. The lowest BCUT2D eigenvalue weighted by atomic mass is 9.94. The second kappa shape index (κ2) is 36.5. The molecule has 5 unspecified atom stereocenters. The molecule has 0 radical (unpaired) electrons. The van der Waals surface area contributed by atoms with Crippen LogP contribution in [-0.2, 0) is 70.4 Å². The molecule has 0 aromatic heterocycles. The molecule has 30 nitrogen and oxygen atoms in total. The average molecular weight is 1300 g/mol.